The number of aliphatic imine (C=N–C) groups is 1. The molecule has 0 radical (unpaired) electrons. The number of hydrogen-bond donors (Lipinski definition) is 1. The van der Waals surface area contributed by atoms with Gasteiger partial charge >= 0.3 is 0 Å². The van der Waals surface area contributed by atoms with Crippen molar-refractivity contribution in [3.05, 3.63) is 59.7 Å². The summed E-state index contributed by atoms with van der Waals surface area (Å²) in [5.41, 5.74) is 0.375. The summed E-state index contributed by atoms with van der Waals surface area (Å²) in [6, 6.07) is 7.73. The number of carbonyl (C=O) groups is 1. The van der Waals surface area contributed by atoms with E-state index in [9.17, 15) is 30.4 Å². The molecule has 1 amide bonds. The molecule has 0 bridgehead atoms. The number of amidine groups is 1. The number of amides is 1. The minimum atomic E-state index is -4.05. The zero-order valence-corrected chi connectivity index (χ0v) is 19.0. The van der Waals surface area contributed by atoms with Crippen LogP contribution in [-0.4, -0.2) is 70.0 Å². The Kier molecular flexibility index (Phi) is 5.97. The summed E-state index contributed by atoms with van der Waals surface area (Å²) < 4.78 is 79.9. The molecule has 1 N–H and O–H groups in total. The number of halogens is 2. The summed E-state index contributed by atoms with van der Waals surface area (Å²) >= 11 is 0. The monoisotopic (exact) mass is 498 g/mol. The maximum Gasteiger partial charge on any atom is 0.263 e. The lowest BCUT2D eigenvalue weighted by Crippen LogP contribution is -2.52. The van der Waals surface area contributed by atoms with Crippen LogP contribution in [0.25, 0.3) is 0 Å². The topological polar surface area (TPSA) is 116 Å². The fraction of sp³-hybridized carbons (Fsp3) is 0.300. The van der Waals surface area contributed by atoms with Crippen molar-refractivity contribution in [1.29, 1.82) is 0 Å². The van der Waals surface area contributed by atoms with E-state index in [-0.39, 0.29) is 41.8 Å². The number of piperazine rings is 1. The summed E-state index contributed by atoms with van der Waals surface area (Å²) in [4.78, 5) is 18.2. The van der Waals surface area contributed by atoms with Crippen LogP contribution in [0.2, 0.25) is 0 Å². The number of rotatable bonds is 4. The summed E-state index contributed by atoms with van der Waals surface area (Å²) in [5, 5.41) is 0. The van der Waals surface area contributed by atoms with Gasteiger partial charge in [-0.25, -0.2) is 25.6 Å². The molecule has 176 valence electrons. The average Bonchev–Trinajstić information content (AvgIpc) is 3.05. The largest absolute Gasteiger partial charge is 0.338 e. The summed E-state index contributed by atoms with van der Waals surface area (Å²) in [5.74, 6) is -2.73. The molecule has 0 saturated carbocycles. The van der Waals surface area contributed by atoms with Gasteiger partial charge in [0.2, 0.25) is 15.9 Å². The number of sulfonamides is 2. The van der Waals surface area contributed by atoms with Gasteiger partial charge in [0, 0.05) is 31.7 Å². The first kappa shape index (κ1) is 23.3. The molecule has 4 rings (SSSR count). The van der Waals surface area contributed by atoms with Gasteiger partial charge in [-0.2, -0.15) is 4.31 Å². The minimum absolute atomic E-state index is 0.0359. The summed E-state index contributed by atoms with van der Waals surface area (Å²) in [7, 11) is -7.79. The highest BCUT2D eigenvalue weighted by molar-refractivity contribution is 7.90. The highest BCUT2D eigenvalue weighted by Crippen LogP contribution is 2.23. The molecule has 1 saturated heterocycles. The lowest BCUT2D eigenvalue weighted by molar-refractivity contribution is -0.133. The molecule has 2 heterocycles. The lowest BCUT2D eigenvalue weighted by atomic mass is 10.2. The van der Waals surface area contributed by atoms with Crippen molar-refractivity contribution in [3.8, 4) is 0 Å². The van der Waals surface area contributed by atoms with Crippen LogP contribution in [0, 0.1) is 11.6 Å². The van der Waals surface area contributed by atoms with E-state index < -0.39 is 43.6 Å². The van der Waals surface area contributed by atoms with Gasteiger partial charge in [0.15, 0.2) is 11.6 Å². The Morgan fingerprint density at radius 2 is 1.73 bits per heavy atom. The zero-order chi connectivity index (χ0) is 24.0. The maximum atomic E-state index is 13.5. The van der Waals surface area contributed by atoms with Crippen molar-refractivity contribution in [1.82, 2.24) is 13.9 Å². The standard InChI is InChI=1S/C20H20F2N4O5S2/c1-13(23-19-15-4-2-3-5-18(15)32(28,29)24-19)20(27)25-8-10-26(11-9-25)33(30,31)14-6-7-16(21)17(22)12-14/h2-7,12-13H,8-11H2,1H3,(H,23,24)/t13-/m0/s1. The van der Waals surface area contributed by atoms with Crippen molar-refractivity contribution in [2.24, 2.45) is 4.99 Å². The van der Waals surface area contributed by atoms with E-state index in [0.29, 0.717) is 11.6 Å². The molecule has 0 unspecified atom stereocenters. The van der Waals surface area contributed by atoms with Crippen LogP contribution in [0.5, 0.6) is 0 Å². The highest BCUT2D eigenvalue weighted by Gasteiger charge is 2.34. The van der Waals surface area contributed by atoms with Gasteiger partial charge in [-0.3, -0.25) is 14.5 Å². The van der Waals surface area contributed by atoms with Crippen molar-refractivity contribution < 1.29 is 30.4 Å². The Labute approximate surface area is 189 Å². The summed E-state index contributed by atoms with van der Waals surface area (Å²) in [6.07, 6.45) is 0. The van der Waals surface area contributed by atoms with E-state index in [1.54, 1.807) is 18.2 Å². The third kappa shape index (κ3) is 4.35. The van der Waals surface area contributed by atoms with E-state index >= 15 is 0 Å². The van der Waals surface area contributed by atoms with Gasteiger partial charge in [0.1, 0.15) is 11.9 Å². The van der Waals surface area contributed by atoms with Crippen LogP contribution in [-0.2, 0) is 24.8 Å². The molecule has 0 aromatic heterocycles. The third-order valence-corrected chi connectivity index (χ3v) is 8.71. The van der Waals surface area contributed by atoms with Crippen LogP contribution >= 0.6 is 0 Å². The number of nitrogens with one attached hydrogen (secondary N) is 1. The van der Waals surface area contributed by atoms with Gasteiger partial charge in [-0.15, -0.1) is 0 Å². The first-order valence-corrected chi connectivity index (χ1v) is 12.9. The van der Waals surface area contributed by atoms with Gasteiger partial charge in [-0.1, -0.05) is 12.1 Å². The minimum Gasteiger partial charge on any atom is -0.338 e. The molecule has 0 spiro atoms. The predicted molar refractivity (Wildman–Crippen MR) is 114 cm³/mol. The molecule has 2 aromatic rings. The van der Waals surface area contributed by atoms with Crippen LogP contribution in [0.4, 0.5) is 8.78 Å². The Hall–Kier alpha value is -2.90. The third-order valence-electron chi connectivity index (χ3n) is 5.42. The fourth-order valence-corrected chi connectivity index (χ4v) is 6.35. The fourth-order valence-electron chi connectivity index (χ4n) is 3.68. The quantitative estimate of drug-likeness (QED) is 0.673. The average molecular weight is 499 g/mol. The Morgan fingerprint density at radius 3 is 2.39 bits per heavy atom. The van der Waals surface area contributed by atoms with Crippen LogP contribution in [0.3, 0.4) is 0 Å². The Morgan fingerprint density at radius 1 is 1.06 bits per heavy atom. The maximum absolute atomic E-state index is 13.5. The normalized spacial score (nSPS) is 20.3. The molecule has 1 atom stereocenters. The predicted octanol–water partition coefficient (Wildman–Crippen LogP) is 0.925. The van der Waals surface area contributed by atoms with E-state index in [4.69, 9.17) is 0 Å². The van der Waals surface area contributed by atoms with Crippen molar-refractivity contribution in [3.63, 3.8) is 0 Å². The second-order valence-electron chi connectivity index (χ2n) is 7.56. The summed E-state index contributed by atoms with van der Waals surface area (Å²) in [6.45, 7) is 1.59. The smallest absolute Gasteiger partial charge is 0.263 e. The SMILES string of the molecule is C[C@H](N=C1NS(=O)(=O)c2ccccc21)C(=O)N1CCN(S(=O)(=O)c2ccc(F)c(F)c2)CC1. The van der Waals surface area contributed by atoms with E-state index in [0.717, 1.165) is 16.4 Å². The van der Waals surface area contributed by atoms with Gasteiger partial charge < -0.3 is 4.90 Å². The molecule has 33 heavy (non-hydrogen) atoms. The van der Waals surface area contributed by atoms with Crippen molar-refractivity contribution >= 4 is 31.8 Å². The molecular formula is C20H20F2N4O5S2. The first-order valence-electron chi connectivity index (χ1n) is 9.95. The Balaban J connectivity index is 1.44. The second kappa shape index (κ2) is 8.47. The number of fused-ring (bicyclic) bond motifs is 1. The number of carbonyl (C=O) groups excluding carboxylic acids is 1. The molecule has 9 nitrogen and oxygen atoms in total. The van der Waals surface area contributed by atoms with Gasteiger partial charge in [0.05, 0.1) is 9.79 Å². The molecule has 2 aliphatic rings. The number of hydrogen-bond acceptors (Lipinski definition) is 6. The highest BCUT2D eigenvalue weighted by atomic mass is 32.2. The van der Waals surface area contributed by atoms with Crippen molar-refractivity contribution in [2.45, 2.75) is 22.8 Å². The van der Waals surface area contributed by atoms with E-state index in [1.807, 2.05) is 0 Å². The molecule has 2 aliphatic heterocycles. The molecule has 2 aromatic carbocycles. The number of benzene rings is 2. The molecule has 0 aliphatic carbocycles. The second-order valence-corrected chi connectivity index (χ2v) is 11.1. The molecule has 13 heteroatoms. The van der Waals surface area contributed by atoms with E-state index in [2.05, 4.69) is 9.71 Å². The Bertz CT molecular complexity index is 1350. The lowest BCUT2D eigenvalue weighted by Gasteiger charge is -2.34. The number of nitrogens with zero attached hydrogens (tertiary/aromatic N) is 3. The van der Waals surface area contributed by atoms with Crippen LogP contribution in [0.15, 0.2) is 57.2 Å². The van der Waals surface area contributed by atoms with Crippen LogP contribution < -0.4 is 4.72 Å². The molecular weight excluding hydrogens is 478 g/mol. The zero-order valence-electron chi connectivity index (χ0n) is 17.4. The first-order chi connectivity index (χ1) is 15.5. The van der Waals surface area contributed by atoms with Gasteiger partial charge in [0.25, 0.3) is 10.0 Å². The molecule has 1 fully saturated rings. The van der Waals surface area contributed by atoms with E-state index in [1.165, 1.54) is 17.9 Å². The van der Waals surface area contributed by atoms with Crippen molar-refractivity contribution in [2.75, 3.05) is 26.2 Å². The van der Waals surface area contributed by atoms with Crippen LogP contribution in [0.1, 0.15) is 12.5 Å². The van der Waals surface area contributed by atoms with Gasteiger partial charge in [-0.05, 0) is 37.3 Å².